The van der Waals surface area contributed by atoms with Gasteiger partial charge in [0, 0.05) is 28.0 Å². The summed E-state index contributed by atoms with van der Waals surface area (Å²) in [5, 5.41) is 31.5. The largest absolute Gasteiger partial charge is 0.586 e. The number of fused-ring (bicyclic) bond motifs is 2. The molecule has 2 aromatic carbocycles. The van der Waals surface area contributed by atoms with Crippen molar-refractivity contribution in [3.63, 3.8) is 0 Å². The summed E-state index contributed by atoms with van der Waals surface area (Å²) in [7, 11) is 10.9. The molecule has 17 heteroatoms. The summed E-state index contributed by atoms with van der Waals surface area (Å²) >= 11 is 0. The maximum absolute atomic E-state index is 15.8. The van der Waals surface area contributed by atoms with Gasteiger partial charge in [-0.3, -0.25) is 4.79 Å². The maximum atomic E-state index is 15.8. The van der Waals surface area contributed by atoms with E-state index in [1.165, 1.54) is 24.3 Å². The highest BCUT2D eigenvalue weighted by molar-refractivity contribution is 6.65. The Morgan fingerprint density at radius 2 is 1.65 bits per heavy atom. The summed E-state index contributed by atoms with van der Waals surface area (Å²) < 4.78 is 54.1. The van der Waals surface area contributed by atoms with E-state index in [4.69, 9.17) is 0 Å². The van der Waals surface area contributed by atoms with Gasteiger partial charge in [0.1, 0.15) is 21.5 Å². The van der Waals surface area contributed by atoms with Gasteiger partial charge in [-0.05, 0) is 29.8 Å². The Kier molecular flexibility index (Phi) is 7.01. The van der Waals surface area contributed by atoms with Crippen molar-refractivity contribution in [2.45, 2.75) is 59.4 Å². The molecule has 1 aliphatic carbocycles. The van der Waals surface area contributed by atoms with Crippen LogP contribution >= 0.6 is 0 Å². The molecule has 0 radical (unpaired) electrons. The van der Waals surface area contributed by atoms with E-state index in [1.54, 1.807) is 32.4 Å². The van der Waals surface area contributed by atoms with Gasteiger partial charge in [0.15, 0.2) is 11.5 Å². The van der Waals surface area contributed by atoms with Gasteiger partial charge < -0.3 is 34.7 Å². The second kappa shape index (κ2) is 9.55. The van der Waals surface area contributed by atoms with Gasteiger partial charge in [-0.2, -0.15) is 0 Å². The SMILES string of the molecule is BC(B)(O)C(C)(C)c1cc2cc(NC(=O)C3(c4ccc5c(c4)OC(F)(F)O5)C(B)(B)C3(B)B)c(F)cc2n1C[C@@H](O)CO. The predicted octanol–water partition coefficient (Wildman–Crippen LogP) is -2.70. The van der Waals surface area contributed by atoms with Crippen molar-refractivity contribution in [1.82, 2.24) is 4.57 Å². The Morgan fingerprint density at radius 1 is 1.05 bits per heavy atom. The van der Waals surface area contributed by atoms with E-state index in [2.05, 4.69) is 14.8 Å². The fourth-order valence-electron chi connectivity index (χ4n) is 6.81. The third-order valence-electron chi connectivity index (χ3n) is 10.6. The Balaban J connectivity index is 1.59. The lowest BCUT2D eigenvalue weighted by atomic mass is 9.49. The molecule has 0 spiro atoms. The zero-order chi connectivity index (χ0) is 32.1. The molecular weight excluding hydrogens is 558 g/mol. The van der Waals surface area contributed by atoms with Crippen LogP contribution in [0, 0.1) is 5.82 Å². The number of benzene rings is 2. The number of hydrogen-bond donors (Lipinski definition) is 4. The zero-order valence-electron chi connectivity index (χ0n) is 25.6. The van der Waals surface area contributed by atoms with Crippen LogP contribution in [-0.2, 0) is 22.2 Å². The Hall–Kier alpha value is -2.89. The van der Waals surface area contributed by atoms with Gasteiger partial charge in [0.05, 0.1) is 67.3 Å². The number of nitrogens with zero attached hydrogens (tertiary/aromatic N) is 1. The van der Waals surface area contributed by atoms with Crippen molar-refractivity contribution in [3.8, 4) is 11.5 Å². The first-order chi connectivity index (χ1) is 19.6. The molecule has 8 nitrogen and oxygen atoms in total. The molecule has 2 aliphatic rings. The number of aliphatic hydroxyl groups is 3. The van der Waals surface area contributed by atoms with Gasteiger partial charge in [0.25, 0.3) is 0 Å². The molecule has 3 aromatic rings. The van der Waals surface area contributed by atoms with Gasteiger partial charge in [0.2, 0.25) is 5.91 Å². The quantitative estimate of drug-likeness (QED) is 0.212. The van der Waals surface area contributed by atoms with Gasteiger partial charge in [-0.15, -0.1) is 8.78 Å². The monoisotopic (exact) mass is 592 g/mol. The second-order valence-electron chi connectivity index (χ2n) is 13.8. The highest BCUT2D eigenvalue weighted by atomic mass is 19.3. The van der Waals surface area contributed by atoms with Crippen molar-refractivity contribution in [2.24, 2.45) is 0 Å². The maximum Gasteiger partial charge on any atom is 0.586 e. The molecule has 5 rings (SSSR count). The molecule has 4 N–H and O–H groups in total. The molecule has 0 unspecified atom stereocenters. The third kappa shape index (κ3) is 4.44. The summed E-state index contributed by atoms with van der Waals surface area (Å²) in [5.74, 6) is -1.58. The van der Waals surface area contributed by atoms with E-state index >= 15 is 4.39 Å². The van der Waals surface area contributed by atoms with Crippen molar-refractivity contribution < 1.29 is 42.8 Å². The minimum absolute atomic E-state index is 0.0470. The molecule has 1 atom stereocenters. The average Bonchev–Trinajstić information content (AvgIpc) is 3.17. The standard InChI is InChI=1S/C26H33B6F3N2O6/c1-21(2,25(31,32)41)19-6-11-5-15(14(33)8-16(11)37(19)9-13(39)10-38)36-20(40)22(23(27,28)24(22,29)30)12-3-4-17-18(7-12)43-26(34,35)42-17/h3-8,13,38-39,41H,9-10,27-32H2,1-2H3,(H,36,40)/t13-/m1/s1. The molecule has 0 bridgehead atoms. The number of anilines is 1. The van der Waals surface area contributed by atoms with E-state index in [0.717, 1.165) is 0 Å². The average molecular weight is 591 g/mol. The highest BCUT2D eigenvalue weighted by Crippen LogP contribution is 2.83. The van der Waals surface area contributed by atoms with Crippen LogP contribution in [0.2, 0.25) is 10.4 Å². The number of rotatable bonds is 8. The Morgan fingerprint density at radius 3 is 2.21 bits per heavy atom. The van der Waals surface area contributed by atoms with E-state index in [0.29, 0.717) is 22.2 Å². The van der Waals surface area contributed by atoms with Crippen molar-refractivity contribution >= 4 is 69.6 Å². The summed E-state index contributed by atoms with van der Waals surface area (Å²) in [6.45, 7) is 3.09. The fourth-order valence-corrected chi connectivity index (χ4v) is 6.81. The van der Waals surface area contributed by atoms with Crippen LogP contribution in [0.4, 0.5) is 18.9 Å². The normalized spacial score (nSPS) is 20.1. The molecule has 43 heavy (non-hydrogen) atoms. The summed E-state index contributed by atoms with van der Waals surface area (Å²) in [6.07, 6.45) is -4.94. The molecule has 1 fully saturated rings. The Labute approximate surface area is 253 Å². The molecule has 1 aromatic heterocycles. The molecule has 0 saturated heterocycles. The van der Waals surface area contributed by atoms with Gasteiger partial charge >= 0.3 is 6.29 Å². The second-order valence-corrected chi connectivity index (χ2v) is 13.8. The lowest BCUT2D eigenvalue weighted by Crippen LogP contribution is -2.50. The molecule has 222 valence electrons. The van der Waals surface area contributed by atoms with Crippen molar-refractivity contribution in [2.75, 3.05) is 11.9 Å². The van der Waals surface area contributed by atoms with Gasteiger partial charge in [-0.1, -0.05) is 30.3 Å². The minimum Gasteiger partial charge on any atom is -0.407 e. The number of aromatic nitrogens is 1. The topological polar surface area (TPSA) is 113 Å². The number of carbonyl (C=O) groups is 1. The third-order valence-corrected chi connectivity index (χ3v) is 10.6. The van der Waals surface area contributed by atoms with Crippen molar-refractivity contribution in [1.29, 1.82) is 0 Å². The molecule has 1 aliphatic heterocycles. The van der Waals surface area contributed by atoms with Crippen LogP contribution in [0.1, 0.15) is 25.1 Å². The van der Waals surface area contributed by atoms with Crippen LogP contribution < -0.4 is 14.8 Å². The van der Waals surface area contributed by atoms with E-state index in [9.17, 15) is 28.9 Å². The fraction of sp³-hybridized carbons (Fsp3) is 0.423. The smallest absolute Gasteiger partial charge is 0.407 e. The lowest BCUT2D eigenvalue weighted by molar-refractivity contribution is -0.286. The van der Waals surface area contributed by atoms with Crippen LogP contribution in [0.25, 0.3) is 10.9 Å². The lowest BCUT2D eigenvalue weighted by Gasteiger charge is -2.39. The van der Waals surface area contributed by atoms with Crippen LogP contribution in [-0.4, -0.2) is 97.3 Å². The number of amides is 1. The first-order valence-corrected chi connectivity index (χ1v) is 14.2. The summed E-state index contributed by atoms with van der Waals surface area (Å²) in [6, 6.07) is 8.78. The molecule has 1 saturated carbocycles. The van der Waals surface area contributed by atoms with Crippen molar-refractivity contribution in [3.05, 3.63) is 53.5 Å². The van der Waals surface area contributed by atoms with Crippen LogP contribution in [0.15, 0.2) is 36.4 Å². The first kappa shape index (κ1) is 31.5. The number of aliphatic hydroxyl groups excluding tert-OH is 2. The molecule has 2 heterocycles. The van der Waals surface area contributed by atoms with Crippen LogP contribution in [0.3, 0.4) is 0 Å². The molecule has 1 amide bonds. The first-order valence-electron chi connectivity index (χ1n) is 14.2. The highest BCUT2D eigenvalue weighted by Gasteiger charge is 2.79. The number of nitrogens with one attached hydrogen (secondary N) is 1. The number of carbonyl (C=O) groups excluding carboxylic acids is 1. The van der Waals surface area contributed by atoms with E-state index in [1.807, 2.05) is 45.2 Å². The molecular formula is C26H33B6F3N2O6. The summed E-state index contributed by atoms with van der Waals surface area (Å²) in [4.78, 5) is 14.2. The minimum atomic E-state index is -3.81. The van der Waals surface area contributed by atoms with Crippen LogP contribution in [0.5, 0.6) is 11.5 Å². The Bertz CT molecular complexity index is 1630. The number of halogens is 3. The summed E-state index contributed by atoms with van der Waals surface area (Å²) in [5.41, 5.74) is -0.737. The van der Waals surface area contributed by atoms with Gasteiger partial charge in [-0.25, -0.2) is 4.39 Å². The predicted molar refractivity (Wildman–Crippen MR) is 173 cm³/mol. The van der Waals surface area contributed by atoms with E-state index in [-0.39, 0.29) is 23.7 Å². The number of alkyl halides is 2. The van der Waals surface area contributed by atoms with E-state index < -0.39 is 57.4 Å². The zero-order valence-corrected chi connectivity index (χ0v) is 25.6. The number of ether oxygens (including phenoxy) is 2. The number of hydrogen-bond acceptors (Lipinski definition) is 6.